The Labute approximate surface area is 173 Å². The first-order chi connectivity index (χ1) is 14.0. The Kier molecular flexibility index (Phi) is 5.10. The number of oxazole rings is 1. The van der Waals surface area contributed by atoms with E-state index in [1.165, 1.54) is 0 Å². The number of anilines is 1. The van der Waals surface area contributed by atoms with Crippen LogP contribution in [0.4, 0.5) is 5.69 Å². The topological polar surface area (TPSA) is 67.2 Å². The normalized spacial score (nSPS) is 10.7. The molecule has 4 aromatic rings. The second-order valence-electron chi connectivity index (χ2n) is 6.79. The van der Waals surface area contributed by atoms with E-state index >= 15 is 0 Å². The van der Waals surface area contributed by atoms with Crippen molar-refractivity contribution in [3.05, 3.63) is 83.4 Å². The number of hydrogen-bond donors (Lipinski definition) is 2. The molecule has 1 aromatic heterocycles. The highest BCUT2D eigenvalue weighted by Gasteiger charge is 2.12. The average Bonchev–Trinajstić information content (AvgIpc) is 3.14. The van der Waals surface area contributed by atoms with E-state index in [1.807, 2.05) is 68.4 Å². The number of hydrogen-bond acceptors (Lipinski definition) is 4. The highest BCUT2D eigenvalue weighted by atomic mass is 32.1. The van der Waals surface area contributed by atoms with Gasteiger partial charge < -0.3 is 9.73 Å². The first-order valence-corrected chi connectivity index (χ1v) is 9.56. The zero-order valence-electron chi connectivity index (χ0n) is 16.0. The predicted molar refractivity (Wildman–Crippen MR) is 119 cm³/mol. The Morgan fingerprint density at radius 1 is 1.00 bits per heavy atom. The van der Waals surface area contributed by atoms with Crippen LogP contribution >= 0.6 is 12.2 Å². The second-order valence-corrected chi connectivity index (χ2v) is 7.20. The van der Waals surface area contributed by atoms with E-state index in [4.69, 9.17) is 16.6 Å². The van der Waals surface area contributed by atoms with E-state index in [9.17, 15) is 4.79 Å². The number of nitrogens with zero attached hydrogens (tertiary/aromatic N) is 1. The Morgan fingerprint density at radius 2 is 1.76 bits per heavy atom. The lowest BCUT2D eigenvalue weighted by atomic mass is 10.1. The molecule has 0 aliphatic carbocycles. The lowest BCUT2D eigenvalue weighted by molar-refractivity contribution is 0.0977. The fourth-order valence-electron chi connectivity index (χ4n) is 2.92. The maximum absolute atomic E-state index is 12.4. The molecule has 0 saturated heterocycles. The number of benzene rings is 3. The van der Waals surface area contributed by atoms with Gasteiger partial charge in [0.05, 0.1) is 0 Å². The van der Waals surface area contributed by atoms with Crippen LogP contribution in [0, 0.1) is 13.8 Å². The van der Waals surface area contributed by atoms with Gasteiger partial charge in [0, 0.05) is 16.8 Å². The SMILES string of the molecule is Cc1ccc(C(=O)NC(=S)Nc2cc(-c3nc4ccccc4o3)ccc2C)cc1. The summed E-state index contributed by atoms with van der Waals surface area (Å²) in [6.07, 6.45) is 0. The minimum atomic E-state index is -0.254. The van der Waals surface area contributed by atoms with Crippen LogP contribution in [0.25, 0.3) is 22.6 Å². The molecule has 2 N–H and O–H groups in total. The summed E-state index contributed by atoms with van der Waals surface area (Å²) >= 11 is 5.33. The first-order valence-electron chi connectivity index (χ1n) is 9.15. The van der Waals surface area contributed by atoms with Gasteiger partial charge in [-0.05, 0) is 68.0 Å². The highest BCUT2D eigenvalue weighted by Crippen LogP contribution is 2.27. The van der Waals surface area contributed by atoms with E-state index in [0.29, 0.717) is 11.5 Å². The molecule has 29 heavy (non-hydrogen) atoms. The van der Waals surface area contributed by atoms with Crippen molar-refractivity contribution in [2.75, 3.05) is 5.32 Å². The summed E-state index contributed by atoms with van der Waals surface area (Å²) in [4.78, 5) is 16.9. The van der Waals surface area contributed by atoms with Gasteiger partial charge in [-0.3, -0.25) is 10.1 Å². The van der Waals surface area contributed by atoms with Gasteiger partial charge in [-0.25, -0.2) is 4.98 Å². The quantitative estimate of drug-likeness (QED) is 0.460. The molecule has 5 nitrogen and oxygen atoms in total. The molecule has 0 bridgehead atoms. The van der Waals surface area contributed by atoms with Crippen LogP contribution in [-0.2, 0) is 0 Å². The molecule has 3 aromatic carbocycles. The number of amides is 1. The minimum Gasteiger partial charge on any atom is -0.436 e. The zero-order chi connectivity index (χ0) is 20.4. The zero-order valence-corrected chi connectivity index (χ0v) is 16.8. The van der Waals surface area contributed by atoms with Gasteiger partial charge in [0.25, 0.3) is 5.91 Å². The predicted octanol–water partition coefficient (Wildman–Crippen LogP) is 5.24. The number of carbonyl (C=O) groups is 1. The summed E-state index contributed by atoms with van der Waals surface area (Å²) < 4.78 is 5.84. The molecule has 144 valence electrons. The van der Waals surface area contributed by atoms with Crippen molar-refractivity contribution < 1.29 is 9.21 Å². The number of para-hydroxylation sites is 2. The van der Waals surface area contributed by atoms with Crippen LogP contribution in [0.15, 0.2) is 71.1 Å². The van der Waals surface area contributed by atoms with Crippen molar-refractivity contribution in [1.29, 1.82) is 0 Å². The van der Waals surface area contributed by atoms with E-state index in [2.05, 4.69) is 15.6 Å². The monoisotopic (exact) mass is 401 g/mol. The molecule has 0 radical (unpaired) electrons. The maximum atomic E-state index is 12.4. The van der Waals surface area contributed by atoms with E-state index < -0.39 is 0 Å². The molecule has 0 aliphatic rings. The minimum absolute atomic E-state index is 0.230. The molecule has 6 heteroatoms. The summed E-state index contributed by atoms with van der Waals surface area (Å²) in [5, 5.41) is 6.04. The van der Waals surface area contributed by atoms with Crippen LogP contribution in [0.3, 0.4) is 0 Å². The summed E-state index contributed by atoms with van der Waals surface area (Å²) in [7, 11) is 0. The average molecular weight is 401 g/mol. The van der Waals surface area contributed by atoms with Gasteiger partial charge in [-0.2, -0.15) is 0 Å². The van der Waals surface area contributed by atoms with Gasteiger partial charge >= 0.3 is 0 Å². The number of aryl methyl sites for hydroxylation is 2. The summed E-state index contributed by atoms with van der Waals surface area (Å²) in [5.74, 6) is 0.277. The van der Waals surface area contributed by atoms with E-state index in [1.54, 1.807) is 12.1 Å². The molecular weight excluding hydrogens is 382 g/mol. The number of thiocarbonyl (C=S) groups is 1. The Bertz CT molecular complexity index is 1180. The molecule has 0 unspecified atom stereocenters. The molecule has 1 amide bonds. The lowest BCUT2D eigenvalue weighted by Crippen LogP contribution is -2.34. The largest absolute Gasteiger partial charge is 0.436 e. The third kappa shape index (κ3) is 4.17. The number of rotatable bonds is 3. The van der Waals surface area contributed by atoms with Crippen LogP contribution in [0.5, 0.6) is 0 Å². The molecule has 0 saturated carbocycles. The molecule has 0 fully saturated rings. The van der Waals surface area contributed by atoms with Crippen molar-refractivity contribution in [2.45, 2.75) is 13.8 Å². The number of aromatic nitrogens is 1. The van der Waals surface area contributed by atoms with Gasteiger partial charge in [0.1, 0.15) is 5.52 Å². The fraction of sp³-hybridized carbons (Fsp3) is 0.0870. The van der Waals surface area contributed by atoms with Crippen LogP contribution in [-0.4, -0.2) is 16.0 Å². The van der Waals surface area contributed by atoms with Crippen molar-refractivity contribution in [2.24, 2.45) is 0 Å². The smallest absolute Gasteiger partial charge is 0.257 e. The Hall–Kier alpha value is -3.51. The number of fused-ring (bicyclic) bond motifs is 1. The van der Waals surface area contributed by atoms with Crippen molar-refractivity contribution in [3.8, 4) is 11.5 Å². The second kappa shape index (κ2) is 7.85. The molecule has 4 rings (SSSR count). The Morgan fingerprint density at radius 3 is 2.52 bits per heavy atom. The highest BCUT2D eigenvalue weighted by molar-refractivity contribution is 7.80. The van der Waals surface area contributed by atoms with Crippen molar-refractivity contribution in [1.82, 2.24) is 10.3 Å². The summed E-state index contributed by atoms with van der Waals surface area (Å²) in [6, 6.07) is 20.7. The molecule has 0 spiro atoms. The molecule has 0 atom stereocenters. The van der Waals surface area contributed by atoms with E-state index in [0.717, 1.165) is 33.5 Å². The van der Waals surface area contributed by atoms with E-state index in [-0.39, 0.29) is 11.0 Å². The maximum Gasteiger partial charge on any atom is 0.257 e. The van der Waals surface area contributed by atoms with Crippen molar-refractivity contribution >= 4 is 40.0 Å². The molecule has 0 aliphatic heterocycles. The molecular formula is C23H19N3O2S. The summed E-state index contributed by atoms with van der Waals surface area (Å²) in [6.45, 7) is 3.93. The third-order valence-electron chi connectivity index (χ3n) is 4.57. The number of nitrogens with one attached hydrogen (secondary N) is 2. The fourth-order valence-corrected chi connectivity index (χ4v) is 3.12. The molecule has 1 heterocycles. The first kappa shape index (κ1) is 18.8. The van der Waals surface area contributed by atoms with Gasteiger partial charge in [-0.15, -0.1) is 0 Å². The number of carbonyl (C=O) groups excluding carboxylic acids is 1. The Balaban J connectivity index is 1.52. The van der Waals surface area contributed by atoms with Gasteiger partial charge in [0.2, 0.25) is 5.89 Å². The third-order valence-corrected chi connectivity index (χ3v) is 4.77. The van der Waals surface area contributed by atoms with Gasteiger partial charge in [-0.1, -0.05) is 35.9 Å². The lowest BCUT2D eigenvalue weighted by Gasteiger charge is -2.12. The standard InChI is InChI=1S/C23H19N3O2S/c1-14-7-10-16(11-8-14)21(27)26-23(29)25-19-13-17(12-9-15(19)2)22-24-18-5-3-4-6-20(18)28-22/h3-13H,1-2H3,(H2,25,26,27,29). The van der Waals surface area contributed by atoms with Crippen LogP contribution < -0.4 is 10.6 Å². The van der Waals surface area contributed by atoms with Gasteiger partial charge in [0.15, 0.2) is 10.7 Å². The van der Waals surface area contributed by atoms with Crippen LogP contribution in [0.1, 0.15) is 21.5 Å². The summed E-state index contributed by atoms with van der Waals surface area (Å²) in [5.41, 5.74) is 5.76. The van der Waals surface area contributed by atoms with Crippen molar-refractivity contribution in [3.63, 3.8) is 0 Å². The van der Waals surface area contributed by atoms with Crippen LogP contribution in [0.2, 0.25) is 0 Å².